The highest BCUT2D eigenvalue weighted by Gasteiger charge is 2.18. The third kappa shape index (κ3) is 80.8. The Morgan fingerprint density at radius 3 is 0.802 bits per heavy atom. The second-order valence-corrected chi connectivity index (χ2v) is 30.2. The Bertz CT molecular complexity index is 1600. The van der Waals surface area contributed by atoms with Gasteiger partial charge in [0.15, 0.2) is 0 Å². The minimum absolute atomic E-state index is 0.0205. The van der Waals surface area contributed by atoms with Gasteiger partial charge in [0.1, 0.15) is 0 Å². The van der Waals surface area contributed by atoms with Gasteiger partial charge in [0.25, 0.3) is 0 Å². The first kappa shape index (κ1) is 93.8. The van der Waals surface area contributed by atoms with Crippen LogP contribution in [0, 0.1) is 0 Å². The fraction of sp³-hybridized carbons (Fsp3) is 0.889. The molecule has 0 fully saturated rings. The van der Waals surface area contributed by atoms with Gasteiger partial charge < -0.3 is 20.3 Å². The van der Waals surface area contributed by atoms with Crippen LogP contribution in [0.5, 0.6) is 0 Å². The number of amides is 1. The molecule has 0 rings (SSSR count). The first-order chi connectivity index (χ1) is 47.5. The molecule has 0 radical (unpaired) electrons. The van der Waals surface area contributed by atoms with E-state index in [-0.39, 0.29) is 18.5 Å². The molecule has 2 unspecified atom stereocenters. The Labute approximate surface area is 601 Å². The second kappa shape index (κ2) is 85.2. The molecule has 6 heteroatoms. The molecule has 3 N–H and O–H groups in total. The summed E-state index contributed by atoms with van der Waals surface area (Å²) in [5, 5.41) is 23.3. The van der Waals surface area contributed by atoms with Gasteiger partial charge in [-0.1, -0.05) is 435 Å². The number of unbranched alkanes of at least 4 members (excludes halogenated alkanes) is 66. The third-order valence-electron chi connectivity index (χ3n) is 20.6. The van der Waals surface area contributed by atoms with Crippen LogP contribution in [0.25, 0.3) is 0 Å². The van der Waals surface area contributed by atoms with Crippen molar-refractivity contribution in [3.05, 3.63) is 48.6 Å². The molecule has 0 heterocycles. The summed E-state index contributed by atoms with van der Waals surface area (Å²) in [6, 6.07) is -0.627. The topological polar surface area (TPSA) is 95.9 Å². The van der Waals surface area contributed by atoms with E-state index in [1.165, 1.54) is 417 Å². The predicted octanol–water partition coefficient (Wildman–Crippen LogP) is 29.5. The second-order valence-electron chi connectivity index (χ2n) is 30.2. The average Bonchev–Trinajstić information content (AvgIpc) is 3.22. The summed E-state index contributed by atoms with van der Waals surface area (Å²) in [5.74, 6) is -0.0397. The monoisotopic (exact) mass is 1350 g/mol. The number of esters is 1. The van der Waals surface area contributed by atoms with Gasteiger partial charge in [-0.15, -0.1) is 0 Å². The lowest BCUT2D eigenvalue weighted by Crippen LogP contribution is -2.45. The Morgan fingerprint density at radius 2 is 0.521 bits per heavy atom. The molecule has 0 aromatic carbocycles. The minimum Gasteiger partial charge on any atom is -0.466 e. The van der Waals surface area contributed by atoms with E-state index in [1.807, 2.05) is 6.08 Å². The van der Waals surface area contributed by atoms with Crippen molar-refractivity contribution < 1.29 is 24.5 Å². The zero-order valence-electron chi connectivity index (χ0n) is 65.1. The van der Waals surface area contributed by atoms with Crippen LogP contribution in [0.2, 0.25) is 0 Å². The van der Waals surface area contributed by atoms with Gasteiger partial charge >= 0.3 is 5.97 Å². The predicted molar refractivity (Wildman–Crippen MR) is 426 cm³/mol. The van der Waals surface area contributed by atoms with Crippen LogP contribution in [-0.4, -0.2) is 47.4 Å². The Balaban J connectivity index is 3.36. The molecule has 0 aliphatic carbocycles. The molecule has 566 valence electrons. The van der Waals surface area contributed by atoms with Crippen molar-refractivity contribution >= 4 is 11.9 Å². The summed E-state index contributed by atoms with van der Waals surface area (Å²) in [5.41, 5.74) is 0. The standard InChI is InChI=1S/C90H171NO5/c1-3-5-7-9-11-13-15-17-19-21-23-43-47-50-54-58-62-66-70-74-78-82-88(93)87(86-92)91-89(94)83-79-75-71-67-63-59-55-51-48-44-41-39-37-35-33-31-29-27-25-24-26-28-30-32-34-36-38-40-42-45-49-53-57-61-65-69-73-77-81-85-96-90(95)84-80-76-72-68-64-60-56-52-46-22-20-18-16-14-12-10-8-6-4-2/h18,20,24-25,28,30,78,82,87-88,92-93H,3-17,19,21-23,26-27,29,31-77,79-81,83-86H2,1-2H3,(H,91,94)/b20-18-,25-24-,30-28-,82-78+. The molecule has 0 saturated carbocycles. The average molecular weight is 1350 g/mol. The summed E-state index contributed by atoms with van der Waals surface area (Å²) >= 11 is 0. The molecule has 6 nitrogen and oxygen atoms in total. The maximum absolute atomic E-state index is 12.6. The third-order valence-corrected chi connectivity index (χ3v) is 20.6. The van der Waals surface area contributed by atoms with Crippen LogP contribution >= 0.6 is 0 Å². The maximum atomic E-state index is 12.6. The van der Waals surface area contributed by atoms with Gasteiger partial charge in [-0.25, -0.2) is 0 Å². The van der Waals surface area contributed by atoms with Crippen LogP contribution in [0.15, 0.2) is 48.6 Å². The quantitative estimate of drug-likeness (QED) is 0.0320. The molecule has 0 aliphatic rings. The number of carbonyl (C=O) groups excluding carboxylic acids is 2. The zero-order valence-corrected chi connectivity index (χ0v) is 65.1. The van der Waals surface area contributed by atoms with Crippen LogP contribution in [-0.2, 0) is 14.3 Å². The molecule has 0 aromatic heterocycles. The van der Waals surface area contributed by atoms with Crippen molar-refractivity contribution in [3.8, 4) is 0 Å². The van der Waals surface area contributed by atoms with E-state index in [4.69, 9.17) is 4.74 Å². The number of aliphatic hydroxyl groups excluding tert-OH is 2. The van der Waals surface area contributed by atoms with Crippen LogP contribution in [0.3, 0.4) is 0 Å². The van der Waals surface area contributed by atoms with Crippen molar-refractivity contribution in [2.75, 3.05) is 13.2 Å². The van der Waals surface area contributed by atoms with E-state index in [2.05, 4.69) is 55.6 Å². The number of hydrogen-bond donors (Lipinski definition) is 3. The van der Waals surface area contributed by atoms with Crippen molar-refractivity contribution in [2.24, 2.45) is 0 Å². The highest BCUT2D eigenvalue weighted by Crippen LogP contribution is 2.20. The molecule has 96 heavy (non-hydrogen) atoms. The summed E-state index contributed by atoms with van der Waals surface area (Å²) in [6.45, 7) is 4.95. The summed E-state index contributed by atoms with van der Waals surface area (Å²) < 4.78 is 5.52. The van der Waals surface area contributed by atoms with E-state index in [0.717, 1.165) is 44.9 Å². The molecule has 1 amide bonds. The Hall–Kier alpha value is -2.18. The van der Waals surface area contributed by atoms with E-state index in [9.17, 15) is 19.8 Å². The number of aliphatic hydroxyl groups is 2. The number of allylic oxidation sites excluding steroid dienone is 7. The number of ether oxygens (including phenoxy) is 1. The summed E-state index contributed by atoms with van der Waals surface area (Å²) in [6.07, 6.45) is 114. The highest BCUT2D eigenvalue weighted by molar-refractivity contribution is 5.76. The molecule has 0 aromatic rings. The number of carbonyl (C=O) groups is 2. The Morgan fingerprint density at radius 1 is 0.292 bits per heavy atom. The lowest BCUT2D eigenvalue weighted by molar-refractivity contribution is -0.143. The normalized spacial score (nSPS) is 12.7. The lowest BCUT2D eigenvalue weighted by Gasteiger charge is -2.20. The van der Waals surface area contributed by atoms with Gasteiger partial charge in [0.2, 0.25) is 5.91 Å². The molecular weight excluding hydrogens is 1170 g/mol. The van der Waals surface area contributed by atoms with Gasteiger partial charge in [-0.3, -0.25) is 9.59 Å². The maximum Gasteiger partial charge on any atom is 0.305 e. The fourth-order valence-electron chi connectivity index (χ4n) is 13.9. The van der Waals surface area contributed by atoms with E-state index < -0.39 is 12.1 Å². The molecule has 0 spiro atoms. The van der Waals surface area contributed by atoms with Crippen molar-refractivity contribution in [2.45, 2.75) is 501 Å². The van der Waals surface area contributed by atoms with Gasteiger partial charge in [0, 0.05) is 12.8 Å². The summed E-state index contributed by atoms with van der Waals surface area (Å²) in [4.78, 5) is 24.7. The van der Waals surface area contributed by atoms with Crippen LogP contribution in [0.4, 0.5) is 0 Å². The molecule has 2 atom stereocenters. The number of rotatable bonds is 83. The number of hydrogen-bond acceptors (Lipinski definition) is 5. The van der Waals surface area contributed by atoms with Gasteiger partial charge in [-0.2, -0.15) is 0 Å². The molecule has 0 aliphatic heterocycles. The van der Waals surface area contributed by atoms with Crippen LogP contribution in [0.1, 0.15) is 489 Å². The first-order valence-corrected chi connectivity index (χ1v) is 43.9. The van der Waals surface area contributed by atoms with Gasteiger partial charge in [0.05, 0.1) is 25.4 Å². The van der Waals surface area contributed by atoms with Gasteiger partial charge in [-0.05, 0) is 89.9 Å². The molecule has 0 saturated heterocycles. The Kier molecular flexibility index (Phi) is 83.3. The smallest absolute Gasteiger partial charge is 0.305 e. The van der Waals surface area contributed by atoms with Crippen LogP contribution < -0.4 is 5.32 Å². The first-order valence-electron chi connectivity index (χ1n) is 43.9. The van der Waals surface area contributed by atoms with E-state index in [1.54, 1.807) is 6.08 Å². The van der Waals surface area contributed by atoms with E-state index >= 15 is 0 Å². The number of nitrogens with one attached hydrogen (secondary N) is 1. The summed E-state index contributed by atoms with van der Waals surface area (Å²) in [7, 11) is 0. The highest BCUT2D eigenvalue weighted by atomic mass is 16.5. The molecular formula is C90H171NO5. The fourth-order valence-corrected chi connectivity index (χ4v) is 13.9. The SMILES string of the molecule is CCCCCCCC/C=C\CCCCCCCCCCCC(=O)OCCCCCCCCCCCCCCCCC/C=C\C/C=C\CCCCCCCCCCCCCCCCCCCC(=O)NC(CO)C(O)/C=C/CCCCCCCCCCCCCCCCCCCCC. The molecule has 0 bridgehead atoms. The van der Waals surface area contributed by atoms with Crippen molar-refractivity contribution in [1.29, 1.82) is 0 Å². The minimum atomic E-state index is -0.844. The zero-order chi connectivity index (χ0) is 69.1. The largest absolute Gasteiger partial charge is 0.466 e. The van der Waals surface area contributed by atoms with Crippen molar-refractivity contribution in [1.82, 2.24) is 5.32 Å². The van der Waals surface area contributed by atoms with Crippen molar-refractivity contribution in [3.63, 3.8) is 0 Å². The van der Waals surface area contributed by atoms with E-state index in [0.29, 0.717) is 19.4 Å². The lowest BCUT2D eigenvalue weighted by atomic mass is 10.0.